The number of pyridine rings is 1. The van der Waals surface area contributed by atoms with Gasteiger partial charge in [0.15, 0.2) is 11.6 Å². The first-order valence-electron chi connectivity index (χ1n) is 11.0. The SMILES string of the molecule is O=C(NCC1CCC(c2nnc(-c3nccc4ccccc34)o2)CC1)c1ccc(F)c(F)c1. The molecule has 0 unspecified atom stereocenters. The average molecular weight is 448 g/mol. The van der Waals surface area contributed by atoms with Crippen LogP contribution in [0.15, 0.2) is 59.1 Å². The average Bonchev–Trinajstić information content (AvgIpc) is 3.34. The number of nitrogens with zero attached hydrogens (tertiary/aromatic N) is 3. The zero-order valence-electron chi connectivity index (χ0n) is 17.8. The fraction of sp³-hybridized carbons (Fsp3) is 0.280. The summed E-state index contributed by atoms with van der Waals surface area (Å²) in [6.07, 6.45) is 5.27. The fourth-order valence-corrected chi connectivity index (χ4v) is 4.38. The van der Waals surface area contributed by atoms with Gasteiger partial charge in [-0.15, -0.1) is 10.2 Å². The number of carbonyl (C=O) groups excluding carboxylic acids is 1. The van der Waals surface area contributed by atoms with Gasteiger partial charge in [0.05, 0.1) is 0 Å². The van der Waals surface area contributed by atoms with E-state index in [-0.39, 0.29) is 11.5 Å². The lowest BCUT2D eigenvalue weighted by atomic mass is 9.82. The summed E-state index contributed by atoms with van der Waals surface area (Å²) in [5, 5.41) is 13.4. The molecule has 0 bridgehead atoms. The van der Waals surface area contributed by atoms with Crippen molar-refractivity contribution in [3.05, 3.63) is 77.8 Å². The molecule has 0 radical (unpaired) electrons. The quantitative estimate of drug-likeness (QED) is 0.450. The Labute approximate surface area is 189 Å². The van der Waals surface area contributed by atoms with Crippen molar-refractivity contribution in [2.24, 2.45) is 5.92 Å². The molecule has 1 aliphatic rings. The first kappa shape index (κ1) is 21.2. The van der Waals surface area contributed by atoms with Crippen LogP contribution in [0.3, 0.4) is 0 Å². The molecular weight excluding hydrogens is 426 g/mol. The molecule has 4 aromatic rings. The number of rotatable bonds is 5. The van der Waals surface area contributed by atoms with Crippen LogP contribution in [0, 0.1) is 17.6 Å². The first-order valence-corrected chi connectivity index (χ1v) is 11.0. The van der Waals surface area contributed by atoms with Gasteiger partial charge in [0.25, 0.3) is 11.8 Å². The van der Waals surface area contributed by atoms with Gasteiger partial charge >= 0.3 is 0 Å². The van der Waals surface area contributed by atoms with Crippen LogP contribution in [-0.2, 0) is 0 Å². The van der Waals surface area contributed by atoms with Crippen molar-refractivity contribution in [1.29, 1.82) is 0 Å². The van der Waals surface area contributed by atoms with E-state index in [2.05, 4.69) is 20.5 Å². The highest BCUT2D eigenvalue weighted by Gasteiger charge is 2.27. The number of benzene rings is 2. The standard InChI is InChI=1S/C25H22F2N4O2/c26-20-10-9-18(13-21(20)27)23(32)29-14-15-5-7-17(8-6-15)24-30-31-25(33-24)22-19-4-2-1-3-16(19)11-12-28-22/h1-4,9-13,15,17H,5-8,14H2,(H,29,32). The maximum absolute atomic E-state index is 13.3. The second-order valence-corrected chi connectivity index (χ2v) is 8.38. The van der Waals surface area contributed by atoms with Crippen molar-refractivity contribution in [3.8, 4) is 11.6 Å². The highest BCUT2D eigenvalue weighted by molar-refractivity contribution is 5.94. The van der Waals surface area contributed by atoms with Crippen LogP contribution in [0.25, 0.3) is 22.4 Å². The van der Waals surface area contributed by atoms with E-state index >= 15 is 0 Å². The number of halogens is 2. The third-order valence-corrected chi connectivity index (χ3v) is 6.25. The van der Waals surface area contributed by atoms with Crippen LogP contribution in [0.2, 0.25) is 0 Å². The molecule has 2 heterocycles. The Morgan fingerprint density at radius 2 is 1.82 bits per heavy atom. The molecule has 5 rings (SSSR count). The molecule has 0 saturated heterocycles. The lowest BCUT2D eigenvalue weighted by Crippen LogP contribution is -2.31. The number of fused-ring (bicyclic) bond motifs is 1. The van der Waals surface area contributed by atoms with Gasteiger partial charge in [0.2, 0.25) is 5.89 Å². The summed E-state index contributed by atoms with van der Waals surface area (Å²) in [6.45, 7) is 0.486. The molecule has 0 atom stereocenters. The molecule has 33 heavy (non-hydrogen) atoms. The Morgan fingerprint density at radius 3 is 2.64 bits per heavy atom. The van der Waals surface area contributed by atoms with Crippen molar-refractivity contribution in [2.45, 2.75) is 31.6 Å². The molecule has 0 spiro atoms. The molecule has 6 nitrogen and oxygen atoms in total. The van der Waals surface area contributed by atoms with Gasteiger partial charge in [0.1, 0.15) is 5.69 Å². The van der Waals surface area contributed by atoms with E-state index in [4.69, 9.17) is 4.42 Å². The molecule has 1 saturated carbocycles. The minimum atomic E-state index is -1.03. The lowest BCUT2D eigenvalue weighted by molar-refractivity contribution is 0.0941. The van der Waals surface area contributed by atoms with Crippen molar-refractivity contribution in [2.75, 3.05) is 6.54 Å². The predicted molar refractivity (Wildman–Crippen MR) is 118 cm³/mol. The second-order valence-electron chi connectivity index (χ2n) is 8.38. The summed E-state index contributed by atoms with van der Waals surface area (Å²) in [4.78, 5) is 16.7. The smallest absolute Gasteiger partial charge is 0.266 e. The molecular formula is C25H22F2N4O2. The van der Waals surface area contributed by atoms with Gasteiger partial charge in [-0.2, -0.15) is 0 Å². The Bertz CT molecular complexity index is 1290. The molecule has 8 heteroatoms. The Morgan fingerprint density at radius 1 is 1.00 bits per heavy atom. The Hall–Kier alpha value is -3.68. The van der Waals surface area contributed by atoms with E-state index in [0.717, 1.165) is 48.6 Å². The monoisotopic (exact) mass is 448 g/mol. The van der Waals surface area contributed by atoms with E-state index in [0.29, 0.717) is 29.9 Å². The number of hydrogen-bond acceptors (Lipinski definition) is 5. The van der Waals surface area contributed by atoms with Crippen molar-refractivity contribution in [1.82, 2.24) is 20.5 Å². The third kappa shape index (κ3) is 4.46. The van der Waals surface area contributed by atoms with Crippen LogP contribution in [0.4, 0.5) is 8.78 Å². The first-order chi connectivity index (χ1) is 16.1. The molecule has 168 valence electrons. The van der Waals surface area contributed by atoms with Crippen molar-refractivity contribution < 1.29 is 18.0 Å². The van der Waals surface area contributed by atoms with E-state index in [1.165, 1.54) is 6.07 Å². The Balaban J connectivity index is 1.18. The summed E-state index contributed by atoms with van der Waals surface area (Å²) in [6, 6.07) is 13.0. The molecule has 1 N–H and O–H groups in total. The summed E-state index contributed by atoms with van der Waals surface area (Å²) < 4.78 is 32.4. The zero-order valence-corrected chi connectivity index (χ0v) is 17.8. The van der Waals surface area contributed by atoms with E-state index in [9.17, 15) is 13.6 Å². The Kier molecular flexibility index (Phi) is 5.81. The van der Waals surface area contributed by atoms with E-state index in [1.54, 1.807) is 6.20 Å². The number of amides is 1. The highest BCUT2D eigenvalue weighted by Crippen LogP contribution is 2.36. The molecule has 1 aliphatic carbocycles. The molecule has 1 amide bonds. The van der Waals surface area contributed by atoms with Crippen LogP contribution < -0.4 is 5.32 Å². The van der Waals surface area contributed by atoms with Crippen molar-refractivity contribution in [3.63, 3.8) is 0 Å². The minimum Gasteiger partial charge on any atom is -0.419 e. The third-order valence-electron chi connectivity index (χ3n) is 6.25. The predicted octanol–water partition coefficient (Wildman–Crippen LogP) is 5.27. The van der Waals surface area contributed by atoms with Crippen molar-refractivity contribution >= 4 is 16.7 Å². The largest absolute Gasteiger partial charge is 0.419 e. The number of carbonyl (C=O) groups is 1. The summed E-state index contributed by atoms with van der Waals surface area (Å²) >= 11 is 0. The molecule has 2 aromatic heterocycles. The number of aromatic nitrogens is 3. The van der Waals surface area contributed by atoms with Gasteiger partial charge < -0.3 is 9.73 Å². The van der Waals surface area contributed by atoms with Gasteiger partial charge in [-0.25, -0.2) is 8.78 Å². The van der Waals surface area contributed by atoms with Gasteiger partial charge in [0, 0.05) is 29.6 Å². The lowest BCUT2D eigenvalue weighted by Gasteiger charge is -2.26. The highest BCUT2D eigenvalue weighted by atomic mass is 19.2. The van der Waals surface area contributed by atoms with E-state index < -0.39 is 17.5 Å². The maximum atomic E-state index is 13.3. The molecule has 2 aromatic carbocycles. The fourth-order valence-electron chi connectivity index (χ4n) is 4.38. The maximum Gasteiger partial charge on any atom is 0.266 e. The summed E-state index contributed by atoms with van der Waals surface area (Å²) in [5.74, 6) is -0.894. The van der Waals surface area contributed by atoms with Gasteiger partial charge in [-0.05, 0) is 61.3 Å². The normalized spacial score (nSPS) is 18.4. The molecule has 1 fully saturated rings. The van der Waals surface area contributed by atoms with Crippen LogP contribution in [-0.4, -0.2) is 27.6 Å². The molecule has 0 aliphatic heterocycles. The zero-order chi connectivity index (χ0) is 22.8. The summed E-state index contributed by atoms with van der Waals surface area (Å²) in [5.41, 5.74) is 0.795. The van der Waals surface area contributed by atoms with Gasteiger partial charge in [-0.1, -0.05) is 24.3 Å². The van der Waals surface area contributed by atoms with Crippen LogP contribution in [0.5, 0.6) is 0 Å². The number of nitrogens with one attached hydrogen (secondary N) is 1. The second kappa shape index (κ2) is 9.05. The van der Waals surface area contributed by atoms with Crippen LogP contribution >= 0.6 is 0 Å². The van der Waals surface area contributed by atoms with Crippen LogP contribution in [0.1, 0.15) is 47.8 Å². The minimum absolute atomic E-state index is 0.114. The number of hydrogen-bond donors (Lipinski definition) is 1. The van der Waals surface area contributed by atoms with Gasteiger partial charge in [-0.3, -0.25) is 9.78 Å². The topological polar surface area (TPSA) is 80.9 Å². The van der Waals surface area contributed by atoms with E-state index in [1.807, 2.05) is 30.3 Å². The summed E-state index contributed by atoms with van der Waals surface area (Å²) in [7, 11) is 0.